The Bertz CT molecular complexity index is 1730. The number of carbonyl (C=O) groups excluding carboxylic acids is 2. The number of alkyl halides is 3. The van der Waals surface area contributed by atoms with Gasteiger partial charge in [-0.05, 0) is 56.0 Å². The van der Waals surface area contributed by atoms with Crippen LogP contribution in [-0.4, -0.2) is 54.2 Å². The van der Waals surface area contributed by atoms with E-state index >= 15 is 0 Å². The number of aromatic nitrogens is 5. The first-order chi connectivity index (χ1) is 20.1. The van der Waals surface area contributed by atoms with Gasteiger partial charge in [0, 0.05) is 30.8 Å². The van der Waals surface area contributed by atoms with E-state index in [0.29, 0.717) is 41.9 Å². The highest BCUT2D eigenvalue weighted by atomic mass is 19.4. The van der Waals surface area contributed by atoms with Crippen LogP contribution in [0.15, 0.2) is 48.8 Å². The molecular formula is C28H24F4N8O2. The quantitative estimate of drug-likeness (QED) is 0.332. The Morgan fingerprint density at radius 2 is 1.90 bits per heavy atom. The SMILES string of the molecule is N#CCC1(n2cc(-c3cccc4nc(NC(=O)C5CC5)nn34)cn2)CCN(C(=O)c2ccc(C(F)(F)F)cc2F)CC1. The largest absolute Gasteiger partial charge is 0.416 e. The summed E-state index contributed by atoms with van der Waals surface area (Å²) in [6, 6.07) is 9.45. The molecule has 2 amide bonds. The van der Waals surface area contributed by atoms with Crippen LogP contribution in [0.3, 0.4) is 0 Å². The van der Waals surface area contributed by atoms with Gasteiger partial charge in [0.1, 0.15) is 5.82 Å². The van der Waals surface area contributed by atoms with Crippen molar-refractivity contribution < 1.29 is 27.2 Å². The fraction of sp³-hybridized carbons (Fsp3) is 0.357. The lowest BCUT2D eigenvalue weighted by atomic mass is 9.84. The Balaban J connectivity index is 1.21. The van der Waals surface area contributed by atoms with E-state index in [2.05, 4.69) is 26.6 Å². The summed E-state index contributed by atoms with van der Waals surface area (Å²) in [4.78, 5) is 30.9. The van der Waals surface area contributed by atoms with Crippen molar-refractivity contribution in [3.63, 3.8) is 0 Å². The maximum absolute atomic E-state index is 14.5. The number of nitrogens with zero attached hydrogens (tertiary/aromatic N) is 7. The molecule has 2 fully saturated rings. The number of benzene rings is 1. The lowest BCUT2D eigenvalue weighted by Crippen LogP contribution is -2.48. The minimum Gasteiger partial charge on any atom is -0.338 e. The normalized spacial score (nSPS) is 16.8. The number of likely N-dealkylation sites (tertiary alicyclic amines) is 1. The first-order valence-corrected chi connectivity index (χ1v) is 13.3. The fourth-order valence-corrected chi connectivity index (χ4v) is 5.24. The number of rotatable bonds is 6. The molecule has 1 saturated heterocycles. The Morgan fingerprint density at radius 3 is 2.57 bits per heavy atom. The third-order valence-corrected chi connectivity index (χ3v) is 7.82. The number of halogens is 4. The zero-order valence-electron chi connectivity index (χ0n) is 22.1. The highest BCUT2D eigenvalue weighted by Gasteiger charge is 2.39. The summed E-state index contributed by atoms with van der Waals surface area (Å²) in [7, 11) is 0. The molecule has 6 rings (SSSR count). The molecule has 0 spiro atoms. The first kappa shape index (κ1) is 27.4. The van der Waals surface area contributed by atoms with Gasteiger partial charge < -0.3 is 4.90 Å². The molecule has 216 valence electrons. The van der Waals surface area contributed by atoms with Crippen LogP contribution >= 0.6 is 0 Å². The molecule has 4 heterocycles. The Kier molecular flexibility index (Phi) is 6.67. The van der Waals surface area contributed by atoms with Crippen molar-refractivity contribution in [2.75, 3.05) is 18.4 Å². The second-order valence-electron chi connectivity index (χ2n) is 10.6. The number of nitrogens with one attached hydrogen (secondary N) is 1. The predicted octanol–water partition coefficient (Wildman–Crippen LogP) is 4.64. The third kappa shape index (κ3) is 5.06. The van der Waals surface area contributed by atoms with Crippen molar-refractivity contribution in [2.24, 2.45) is 5.92 Å². The number of nitriles is 1. The number of piperidine rings is 1. The van der Waals surface area contributed by atoms with E-state index in [1.165, 1.54) is 4.90 Å². The number of amides is 2. The smallest absolute Gasteiger partial charge is 0.338 e. The average Bonchev–Trinajstić information content (AvgIpc) is 3.55. The molecule has 1 saturated carbocycles. The Labute approximate surface area is 236 Å². The van der Waals surface area contributed by atoms with Crippen LogP contribution in [0.5, 0.6) is 0 Å². The van der Waals surface area contributed by atoms with E-state index in [0.717, 1.165) is 18.9 Å². The van der Waals surface area contributed by atoms with Crippen molar-refractivity contribution >= 4 is 23.4 Å². The monoisotopic (exact) mass is 580 g/mol. The summed E-state index contributed by atoms with van der Waals surface area (Å²) >= 11 is 0. The highest BCUT2D eigenvalue weighted by molar-refractivity contribution is 5.94. The van der Waals surface area contributed by atoms with E-state index in [1.807, 2.05) is 6.07 Å². The summed E-state index contributed by atoms with van der Waals surface area (Å²) in [6.07, 6.45) is 1.13. The minimum absolute atomic E-state index is 0.00121. The van der Waals surface area contributed by atoms with Crippen LogP contribution in [0.1, 0.15) is 48.0 Å². The number of anilines is 1. The molecule has 1 aliphatic heterocycles. The van der Waals surface area contributed by atoms with Crippen molar-refractivity contribution in [3.8, 4) is 17.3 Å². The lowest BCUT2D eigenvalue weighted by Gasteiger charge is -2.40. The predicted molar refractivity (Wildman–Crippen MR) is 140 cm³/mol. The maximum Gasteiger partial charge on any atom is 0.416 e. The van der Waals surface area contributed by atoms with E-state index in [4.69, 9.17) is 0 Å². The topological polar surface area (TPSA) is 121 Å². The van der Waals surface area contributed by atoms with Gasteiger partial charge in [-0.3, -0.25) is 19.6 Å². The molecule has 0 atom stereocenters. The first-order valence-electron chi connectivity index (χ1n) is 13.3. The maximum atomic E-state index is 14.5. The lowest BCUT2D eigenvalue weighted by molar-refractivity contribution is -0.137. The number of pyridine rings is 1. The number of fused-ring (bicyclic) bond motifs is 1. The zero-order chi connectivity index (χ0) is 29.6. The molecular weight excluding hydrogens is 556 g/mol. The van der Waals surface area contributed by atoms with Crippen molar-refractivity contribution in [1.82, 2.24) is 29.3 Å². The van der Waals surface area contributed by atoms with E-state index in [1.54, 1.807) is 33.7 Å². The molecule has 10 nitrogen and oxygen atoms in total. The van der Waals surface area contributed by atoms with Gasteiger partial charge in [-0.1, -0.05) is 6.07 Å². The van der Waals surface area contributed by atoms with Crippen molar-refractivity contribution in [3.05, 3.63) is 65.7 Å². The molecule has 14 heteroatoms. The molecule has 1 aliphatic carbocycles. The average molecular weight is 581 g/mol. The standard InChI is InChI=1S/C28H24F4N8O2/c29-21-14-19(28(30,31)32)6-7-20(21)25(42)38-12-9-27(8-11-33,10-13-38)39-16-18(15-34-39)22-2-1-3-23-35-26(37-40(22)23)36-24(41)17-4-5-17/h1-3,6-7,14-17H,4-5,8-10,12-13H2,(H,36,37,41). The summed E-state index contributed by atoms with van der Waals surface area (Å²) in [5.41, 5.74) is -0.490. The van der Waals surface area contributed by atoms with Crippen molar-refractivity contribution in [2.45, 2.75) is 43.8 Å². The van der Waals surface area contributed by atoms with Gasteiger partial charge in [0.15, 0.2) is 5.65 Å². The Morgan fingerprint density at radius 1 is 1.14 bits per heavy atom. The molecule has 3 aromatic heterocycles. The molecule has 0 radical (unpaired) electrons. The number of hydrogen-bond donors (Lipinski definition) is 1. The van der Waals surface area contributed by atoms with Gasteiger partial charge >= 0.3 is 6.18 Å². The highest BCUT2D eigenvalue weighted by Crippen LogP contribution is 2.36. The summed E-state index contributed by atoms with van der Waals surface area (Å²) < 4.78 is 56.5. The molecule has 0 unspecified atom stereocenters. The van der Waals surface area contributed by atoms with Crippen molar-refractivity contribution in [1.29, 1.82) is 5.26 Å². The van der Waals surface area contributed by atoms with E-state index in [-0.39, 0.29) is 37.3 Å². The van der Waals surface area contributed by atoms with E-state index in [9.17, 15) is 32.4 Å². The summed E-state index contributed by atoms with van der Waals surface area (Å²) in [5.74, 6) is -1.85. The van der Waals surface area contributed by atoms with Gasteiger partial charge in [0.05, 0.1) is 41.0 Å². The molecule has 2 aliphatic rings. The van der Waals surface area contributed by atoms with Crippen LogP contribution in [0, 0.1) is 23.1 Å². The second-order valence-corrected chi connectivity index (χ2v) is 10.6. The van der Waals surface area contributed by atoms with Crippen LogP contribution in [0.2, 0.25) is 0 Å². The molecule has 1 N–H and O–H groups in total. The number of hydrogen-bond acceptors (Lipinski definition) is 6. The molecule has 42 heavy (non-hydrogen) atoms. The minimum atomic E-state index is -4.72. The van der Waals surface area contributed by atoms with Gasteiger partial charge in [0.2, 0.25) is 11.9 Å². The third-order valence-electron chi connectivity index (χ3n) is 7.82. The van der Waals surface area contributed by atoms with Gasteiger partial charge in [-0.2, -0.15) is 28.5 Å². The van der Waals surface area contributed by atoms with Gasteiger partial charge in [0.25, 0.3) is 5.91 Å². The molecule has 1 aromatic carbocycles. The molecule has 4 aromatic rings. The van der Waals surface area contributed by atoms with Crippen LogP contribution < -0.4 is 5.32 Å². The van der Waals surface area contributed by atoms with Crippen LogP contribution in [-0.2, 0) is 16.5 Å². The summed E-state index contributed by atoms with van der Waals surface area (Å²) in [5, 5.41) is 21.4. The van der Waals surface area contributed by atoms with Gasteiger partial charge in [-0.25, -0.2) is 8.91 Å². The van der Waals surface area contributed by atoms with E-state index < -0.39 is 34.6 Å². The van der Waals surface area contributed by atoms with Crippen LogP contribution in [0.25, 0.3) is 16.9 Å². The zero-order valence-corrected chi connectivity index (χ0v) is 22.1. The molecule has 0 bridgehead atoms. The second kappa shape index (κ2) is 10.2. The fourth-order valence-electron chi connectivity index (χ4n) is 5.24. The van der Waals surface area contributed by atoms with Gasteiger partial charge in [-0.15, -0.1) is 5.10 Å². The van der Waals surface area contributed by atoms with Crippen LogP contribution in [0.4, 0.5) is 23.5 Å². The Hall–Kier alpha value is -4.80. The number of carbonyl (C=O) groups is 2. The summed E-state index contributed by atoms with van der Waals surface area (Å²) in [6.45, 7) is 0.303.